The summed E-state index contributed by atoms with van der Waals surface area (Å²) < 4.78 is 5.88. The Kier molecular flexibility index (Phi) is 7.39. The molecule has 2 bridgehead atoms. The largest absolute Gasteiger partial charge is 0.494 e. The summed E-state index contributed by atoms with van der Waals surface area (Å²) in [5.41, 5.74) is 1.91. The van der Waals surface area contributed by atoms with Crippen LogP contribution in [-0.2, 0) is 9.59 Å². The van der Waals surface area contributed by atoms with Crippen molar-refractivity contribution in [2.24, 2.45) is 0 Å². The van der Waals surface area contributed by atoms with Crippen molar-refractivity contribution >= 4 is 34.7 Å². The topological polar surface area (TPSA) is 108 Å². The monoisotopic (exact) mass is 450 g/mol. The minimum Gasteiger partial charge on any atom is -0.494 e. The standard InChI is InChI=1S/C24H30N6O3/c1-30-12-7-11-25-22-21-19(24(32)29-23(21)28-16-27-22)15-26-17-8-6-9-18(14-17)33-13-5-3-2-4-10-20(30)31/h6,8-9,14-16,26H,2-5,7,10-13H2,1H3,(H2,25,27,28,29,32)/b19-15-. The molecule has 1 aromatic heterocycles. The molecule has 1 aromatic carbocycles. The van der Waals surface area contributed by atoms with Crippen LogP contribution >= 0.6 is 0 Å². The van der Waals surface area contributed by atoms with Crippen LogP contribution in [0.25, 0.3) is 5.57 Å². The molecule has 33 heavy (non-hydrogen) atoms. The summed E-state index contributed by atoms with van der Waals surface area (Å²) in [7, 11) is 1.84. The fraction of sp³-hybridized carbons (Fsp3) is 0.417. The van der Waals surface area contributed by atoms with Crippen molar-refractivity contribution in [3.05, 3.63) is 42.4 Å². The molecule has 0 unspecified atom stereocenters. The Morgan fingerprint density at radius 2 is 1.88 bits per heavy atom. The van der Waals surface area contributed by atoms with E-state index < -0.39 is 0 Å². The van der Waals surface area contributed by atoms with E-state index in [0.717, 1.165) is 43.5 Å². The van der Waals surface area contributed by atoms with Crippen LogP contribution in [0.1, 0.15) is 44.1 Å². The fourth-order valence-electron chi connectivity index (χ4n) is 3.89. The van der Waals surface area contributed by atoms with Gasteiger partial charge in [0.05, 0.1) is 17.7 Å². The average Bonchev–Trinajstić information content (AvgIpc) is 3.14. The summed E-state index contributed by atoms with van der Waals surface area (Å²) in [5, 5.41) is 9.29. The smallest absolute Gasteiger partial charge is 0.259 e. The Morgan fingerprint density at radius 1 is 1.03 bits per heavy atom. The zero-order valence-corrected chi connectivity index (χ0v) is 18.9. The molecule has 9 heteroatoms. The number of nitrogens with one attached hydrogen (secondary N) is 3. The molecule has 2 aliphatic rings. The molecule has 0 saturated carbocycles. The Balaban J connectivity index is 1.55. The molecule has 3 N–H and O–H groups in total. The third-order valence-electron chi connectivity index (χ3n) is 5.75. The number of aromatic nitrogens is 2. The molecule has 0 atom stereocenters. The maximum absolute atomic E-state index is 12.6. The molecule has 0 saturated heterocycles. The predicted octanol–water partition coefficient (Wildman–Crippen LogP) is 3.49. The van der Waals surface area contributed by atoms with Crippen LogP contribution < -0.4 is 20.7 Å². The van der Waals surface area contributed by atoms with Gasteiger partial charge in [0.2, 0.25) is 5.91 Å². The third kappa shape index (κ3) is 5.79. The highest BCUT2D eigenvalue weighted by molar-refractivity contribution is 6.32. The fourth-order valence-corrected chi connectivity index (χ4v) is 3.89. The van der Waals surface area contributed by atoms with Gasteiger partial charge in [0.15, 0.2) is 0 Å². The SMILES string of the molecule is CN1CCCNc2ncnc3c2/C(=C/Nc2cccc(c2)OCCCCCCC1=O)C(=O)N3. The molecule has 3 heterocycles. The molecular weight excluding hydrogens is 420 g/mol. The highest BCUT2D eigenvalue weighted by atomic mass is 16.5. The van der Waals surface area contributed by atoms with Crippen molar-refractivity contribution in [1.82, 2.24) is 14.9 Å². The van der Waals surface area contributed by atoms with Crippen molar-refractivity contribution in [2.75, 3.05) is 42.7 Å². The average molecular weight is 451 g/mol. The van der Waals surface area contributed by atoms with E-state index in [2.05, 4.69) is 25.9 Å². The van der Waals surface area contributed by atoms with Crippen LogP contribution in [0.15, 0.2) is 36.8 Å². The van der Waals surface area contributed by atoms with Gasteiger partial charge in [-0.15, -0.1) is 0 Å². The van der Waals surface area contributed by atoms with E-state index >= 15 is 0 Å². The molecule has 2 amide bonds. The number of carbonyl (C=O) groups is 2. The van der Waals surface area contributed by atoms with Gasteiger partial charge in [0.1, 0.15) is 23.7 Å². The number of hydrogen-bond acceptors (Lipinski definition) is 7. The Morgan fingerprint density at radius 3 is 2.79 bits per heavy atom. The van der Waals surface area contributed by atoms with Crippen LogP contribution in [0.3, 0.4) is 0 Å². The van der Waals surface area contributed by atoms with Crippen molar-refractivity contribution in [1.29, 1.82) is 0 Å². The highest BCUT2D eigenvalue weighted by Gasteiger charge is 2.29. The number of fused-ring (bicyclic) bond motifs is 2. The number of hydrogen-bond donors (Lipinski definition) is 3. The first kappa shape index (κ1) is 22.6. The Hall–Kier alpha value is -3.62. The van der Waals surface area contributed by atoms with Gasteiger partial charge in [-0.1, -0.05) is 18.9 Å². The predicted molar refractivity (Wildman–Crippen MR) is 128 cm³/mol. The van der Waals surface area contributed by atoms with Gasteiger partial charge >= 0.3 is 0 Å². The number of amides is 2. The maximum Gasteiger partial charge on any atom is 0.259 e. The van der Waals surface area contributed by atoms with Crippen LogP contribution in [0.4, 0.5) is 17.3 Å². The van der Waals surface area contributed by atoms with E-state index in [4.69, 9.17) is 4.74 Å². The van der Waals surface area contributed by atoms with Gasteiger partial charge in [-0.3, -0.25) is 9.59 Å². The first-order valence-corrected chi connectivity index (χ1v) is 11.5. The second kappa shape index (κ2) is 10.8. The van der Waals surface area contributed by atoms with E-state index in [-0.39, 0.29) is 11.8 Å². The summed E-state index contributed by atoms with van der Waals surface area (Å²) in [6.07, 6.45) is 8.31. The normalized spacial score (nSPS) is 19.5. The van der Waals surface area contributed by atoms with Crippen molar-refractivity contribution in [3.8, 4) is 5.75 Å². The second-order valence-corrected chi connectivity index (χ2v) is 8.24. The van der Waals surface area contributed by atoms with Crippen molar-refractivity contribution in [3.63, 3.8) is 0 Å². The zero-order valence-electron chi connectivity index (χ0n) is 18.9. The molecule has 174 valence electrons. The highest BCUT2D eigenvalue weighted by Crippen LogP contribution is 2.34. The van der Waals surface area contributed by atoms with Gasteiger partial charge in [-0.2, -0.15) is 0 Å². The maximum atomic E-state index is 12.6. The van der Waals surface area contributed by atoms with Crippen LogP contribution in [0.2, 0.25) is 0 Å². The summed E-state index contributed by atoms with van der Waals surface area (Å²) in [4.78, 5) is 35.3. The quantitative estimate of drug-likeness (QED) is 0.564. The van der Waals surface area contributed by atoms with E-state index in [1.54, 1.807) is 11.1 Å². The van der Waals surface area contributed by atoms with Crippen molar-refractivity contribution < 1.29 is 14.3 Å². The van der Waals surface area contributed by atoms with Gasteiger partial charge < -0.3 is 25.6 Å². The summed E-state index contributed by atoms with van der Waals surface area (Å²) in [5.74, 6) is 1.76. The zero-order chi connectivity index (χ0) is 23.0. The Bertz CT molecular complexity index is 1040. The molecule has 4 rings (SSSR count). The number of carbonyl (C=O) groups excluding carboxylic acids is 2. The molecular formula is C24H30N6O3. The van der Waals surface area contributed by atoms with E-state index in [1.165, 1.54) is 6.33 Å². The lowest BCUT2D eigenvalue weighted by Crippen LogP contribution is -2.28. The molecule has 2 aromatic rings. The summed E-state index contributed by atoms with van der Waals surface area (Å²) in [6, 6.07) is 7.64. The van der Waals surface area contributed by atoms with E-state index in [9.17, 15) is 9.59 Å². The molecule has 0 aliphatic carbocycles. The van der Waals surface area contributed by atoms with Gasteiger partial charge in [0, 0.05) is 44.5 Å². The number of rotatable bonds is 0. The lowest BCUT2D eigenvalue weighted by molar-refractivity contribution is -0.130. The lowest BCUT2D eigenvalue weighted by Gasteiger charge is -2.17. The lowest BCUT2D eigenvalue weighted by atomic mass is 10.1. The van der Waals surface area contributed by atoms with Gasteiger partial charge in [-0.05, 0) is 31.4 Å². The van der Waals surface area contributed by atoms with Gasteiger partial charge in [-0.25, -0.2) is 9.97 Å². The van der Waals surface area contributed by atoms with Crippen LogP contribution in [0, 0.1) is 0 Å². The van der Waals surface area contributed by atoms with Crippen LogP contribution in [0.5, 0.6) is 5.75 Å². The minimum atomic E-state index is -0.239. The van der Waals surface area contributed by atoms with Gasteiger partial charge in [0.25, 0.3) is 5.91 Å². The molecule has 0 fully saturated rings. The number of nitrogens with zero attached hydrogens (tertiary/aromatic N) is 3. The summed E-state index contributed by atoms with van der Waals surface area (Å²) >= 11 is 0. The van der Waals surface area contributed by atoms with Crippen LogP contribution in [-0.4, -0.2) is 53.4 Å². The minimum absolute atomic E-state index is 0.169. The second-order valence-electron chi connectivity index (χ2n) is 8.24. The Labute approximate surface area is 193 Å². The first-order valence-electron chi connectivity index (χ1n) is 11.5. The molecule has 0 radical (unpaired) electrons. The van der Waals surface area contributed by atoms with E-state index in [0.29, 0.717) is 48.9 Å². The van der Waals surface area contributed by atoms with Crippen molar-refractivity contribution in [2.45, 2.75) is 38.5 Å². The molecule has 0 spiro atoms. The summed E-state index contributed by atoms with van der Waals surface area (Å²) in [6.45, 7) is 1.90. The number of benzene rings is 1. The third-order valence-corrected chi connectivity index (χ3v) is 5.75. The molecule has 2 aliphatic heterocycles. The number of anilines is 3. The number of ether oxygens (including phenoxy) is 1. The first-order chi connectivity index (χ1) is 16.1. The van der Waals surface area contributed by atoms with E-state index in [1.807, 2.05) is 31.3 Å². The molecule has 9 nitrogen and oxygen atoms in total.